The fourth-order valence-electron chi connectivity index (χ4n) is 3.27. The van der Waals surface area contributed by atoms with E-state index in [0.29, 0.717) is 11.2 Å². The number of esters is 3. The third-order valence-corrected chi connectivity index (χ3v) is 5.55. The first-order valence-corrected chi connectivity index (χ1v) is 11.5. The second kappa shape index (κ2) is 10.6. The lowest BCUT2D eigenvalue weighted by atomic mass is 10.1. The first kappa shape index (κ1) is 25.8. The Hall–Kier alpha value is -2.86. The molecule has 34 heavy (non-hydrogen) atoms. The Kier molecular flexibility index (Phi) is 8.03. The molecular formula is C22H30N4O7S. The minimum Gasteiger partial charge on any atom is -0.463 e. The number of carbonyl (C=O) groups excluding carboxylic acids is 3. The Bertz CT molecular complexity index is 1110. The van der Waals surface area contributed by atoms with Crippen molar-refractivity contribution >= 4 is 41.3 Å². The zero-order valence-electron chi connectivity index (χ0n) is 20.0. The summed E-state index contributed by atoms with van der Waals surface area (Å²) in [7, 11) is 0. The van der Waals surface area contributed by atoms with Gasteiger partial charge in [-0.3, -0.25) is 19.0 Å². The van der Waals surface area contributed by atoms with Gasteiger partial charge in [-0.1, -0.05) is 53.8 Å². The Morgan fingerprint density at radius 2 is 1.59 bits per heavy atom. The van der Waals surface area contributed by atoms with Crippen molar-refractivity contribution in [1.29, 1.82) is 0 Å². The van der Waals surface area contributed by atoms with Gasteiger partial charge in [-0.15, -0.1) is 0 Å². The Balaban J connectivity index is 2.03. The molecule has 0 bridgehead atoms. The molecule has 0 aromatic carbocycles. The number of nitrogens with one attached hydrogen (secondary N) is 1. The topological polar surface area (TPSA) is 135 Å². The minimum absolute atomic E-state index is 0.191. The van der Waals surface area contributed by atoms with Crippen LogP contribution in [0.1, 0.15) is 47.8 Å². The molecule has 11 nitrogen and oxygen atoms in total. The van der Waals surface area contributed by atoms with Gasteiger partial charge < -0.3 is 23.9 Å². The maximum Gasteiger partial charge on any atom is 0.308 e. The van der Waals surface area contributed by atoms with E-state index in [-0.39, 0.29) is 17.2 Å². The molecule has 0 amide bonds. The van der Waals surface area contributed by atoms with Crippen LogP contribution in [0.2, 0.25) is 0 Å². The number of fused-ring (bicyclic) bond motifs is 1. The molecule has 2 aromatic rings. The van der Waals surface area contributed by atoms with Crippen LogP contribution in [0.4, 0.5) is 0 Å². The summed E-state index contributed by atoms with van der Waals surface area (Å²) in [6.45, 7) is 9.99. The van der Waals surface area contributed by atoms with Crippen LogP contribution in [-0.2, 0) is 33.3 Å². The summed E-state index contributed by atoms with van der Waals surface area (Å²) in [4.78, 5) is 48.5. The monoisotopic (exact) mass is 494 g/mol. The van der Waals surface area contributed by atoms with E-state index in [1.807, 2.05) is 0 Å². The van der Waals surface area contributed by atoms with E-state index in [4.69, 9.17) is 31.2 Å². The van der Waals surface area contributed by atoms with Crippen LogP contribution in [0.25, 0.3) is 11.2 Å². The minimum atomic E-state index is -1.03. The Morgan fingerprint density at radius 1 is 1.00 bits per heavy atom. The number of rotatable bonds is 8. The molecule has 1 N–H and O–H groups in total. The second-order valence-electron chi connectivity index (χ2n) is 9.02. The highest BCUT2D eigenvalue weighted by atomic mass is 32.1. The normalized spacial score (nSPS) is 22.5. The molecule has 0 saturated carbocycles. The summed E-state index contributed by atoms with van der Waals surface area (Å²) in [6, 6.07) is 0. The number of carbonyl (C=O) groups is 3. The predicted molar refractivity (Wildman–Crippen MR) is 122 cm³/mol. The van der Waals surface area contributed by atoms with Crippen LogP contribution in [0, 0.1) is 22.4 Å². The van der Waals surface area contributed by atoms with Crippen LogP contribution in [0.5, 0.6) is 0 Å². The summed E-state index contributed by atoms with van der Waals surface area (Å²) in [5.74, 6) is -2.65. The van der Waals surface area contributed by atoms with Crippen molar-refractivity contribution in [3.8, 4) is 0 Å². The molecule has 4 atom stereocenters. The number of imidazole rings is 1. The summed E-state index contributed by atoms with van der Waals surface area (Å²) in [5, 5.41) is 0. The summed E-state index contributed by atoms with van der Waals surface area (Å²) in [5.41, 5.74) is 0.921. The van der Waals surface area contributed by atoms with E-state index in [0.717, 1.165) is 0 Å². The number of ether oxygens (including phenoxy) is 4. The Morgan fingerprint density at radius 3 is 2.18 bits per heavy atom. The molecule has 3 rings (SSSR count). The number of aromatic amines is 1. The predicted octanol–water partition coefficient (Wildman–Crippen LogP) is 2.72. The van der Waals surface area contributed by atoms with Crippen LogP contribution in [0.15, 0.2) is 12.7 Å². The number of aromatic nitrogens is 4. The van der Waals surface area contributed by atoms with Gasteiger partial charge in [0, 0.05) is 0 Å². The van der Waals surface area contributed by atoms with Crippen molar-refractivity contribution in [3.63, 3.8) is 0 Å². The molecule has 1 aliphatic rings. The lowest BCUT2D eigenvalue weighted by Crippen LogP contribution is -2.42. The SMILES string of the molecule is CC(C)C(=O)OCC1OC(n2cnc3c(=S)nc[nH]c32)C(OC(=O)C(C)C)C1OC(=O)C(C)C. The quantitative estimate of drug-likeness (QED) is 0.331. The van der Waals surface area contributed by atoms with Crippen molar-refractivity contribution < 1.29 is 33.3 Å². The van der Waals surface area contributed by atoms with Crippen LogP contribution >= 0.6 is 12.2 Å². The highest BCUT2D eigenvalue weighted by molar-refractivity contribution is 7.71. The average Bonchev–Trinajstić information content (AvgIpc) is 3.34. The van der Waals surface area contributed by atoms with Crippen molar-refractivity contribution in [3.05, 3.63) is 17.3 Å². The third kappa shape index (κ3) is 5.44. The van der Waals surface area contributed by atoms with Gasteiger partial charge >= 0.3 is 17.9 Å². The van der Waals surface area contributed by atoms with Gasteiger partial charge in [0.2, 0.25) is 0 Å². The number of H-pyrrole nitrogens is 1. The van der Waals surface area contributed by atoms with E-state index < -0.39 is 54.3 Å². The van der Waals surface area contributed by atoms with Crippen molar-refractivity contribution in [2.75, 3.05) is 6.61 Å². The van der Waals surface area contributed by atoms with Gasteiger partial charge in [-0.25, -0.2) is 9.97 Å². The molecular weight excluding hydrogens is 464 g/mol. The largest absolute Gasteiger partial charge is 0.463 e. The van der Waals surface area contributed by atoms with Crippen molar-refractivity contribution in [2.24, 2.45) is 17.8 Å². The van der Waals surface area contributed by atoms with Crippen LogP contribution in [0.3, 0.4) is 0 Å². The van der Waals surface area contributed by atoms with Crippen molar-refractivity contribution in [1.82, 2.24) is 19.5 Å². The summed E-state index contributed by atoms with van der Waals surface area (Å²) in [6.07, 6.45) is -0.983. The Labute approximate surface area is 202 Å². The standard InChI is InChI=1S/C22H30N4O7S/c1-10(2)20(27)30-7-13-15(32-21(28)11(3)4)16(33-22(29)12(5)6)19(31-13)26-9-25-14-17(26)23-8-24-18(14)34/h8-13,15-16,19H,7H2,1-6H3,(H,23,24,34). The van der Waals surface area contributed by atoms with E-state index in [1.54, 1.807) is 46.1 Å². The zero-order valence-corrected chi connectivity index (χ0v) is 20.8. The second-order valence-corrected chi connectivity index (χ2v) is 9.41. The lowest BCUT2D eigenvalue weighted by Gasteiger charge is -2.26. The molecule has 0 radical (unpaired) electrons. The van der Waals surface area contributed by atoms with Gasteiger partial charge in [0.05, 0.1) is 30.4 Å². The molecule has 1 saturated heterocycles. The summed E-state index contributed by atoms with van der Waals surface area (Å²) >= 11 is 5.24. The molecule has 2 aromatic heterocycles. The van der Waals surface area contributed by atoms with Gasteiger partial charge in [0.15, 0.2) is 23.1 Å². The maximum atomic E-state index is 12.6. The first-order chi connectivity index (χ1) is 16.0. The molecule has 186 valence electrons. The maximum absolute atomic E-state index is 12.6. The van der Waals surface area contributed by atoms with Crippen LogP contribution in [-0.4, -0.2) is 62.3 Å². The van der Waals surface area contributed by atoms with Crippen LogP contribution < -0.4 is 0 Å². The van der Waals surface area contributed by atoms with E-state index >= 15 is 0 Å². The van der Waals surface area contributed by atoms with E-state index in [9.17, 15) is 14.4 Å². The highest BCUT2D eigenvalue weighted by Gasteiger charge is 2.51. The summed E-state index contributed by atoms with van der Waals surface area (Å²) < 4.78 is 25.0. The van der Waals surface area contributed by atoms with Crippen molar-refractivity contribution in [2.45, 2.75) is 66.1 Å². The van der Waals surface area contributed by atoms with E-state index in [2.05, 4.69) is 15.0 Å². The van der Waals surface area contributed by atoms with Gasteiger partial charge in [0.25, 0.3) is 0 Å². The molecule has 4 unspecified atom stereocenters. The number of hydrogen-bond acceptors (Lipinski definition) is 10. The molecule has 3 heterocycles. The van der Waals surface area contributed by atoms with E-state index in [1.165, 1.54) is 12.7 Å². The molecule has 1 fully saturated rings. The molecule has 12 heteroatoms. The first-order valence-electron chi connectivity index (χ1n) is 11.1. The third-order valence-electron chi connectivity index (χ3n) is 5.25. The van der Waals surface area contributed by atoms with Gasteiger partial charge in [0.1, 0.15) is 23.9 Å². The fourth-order valence-corrected chi connectivity index (χ4v) is 3.47. The smallest absolute Gasteiger partial charge is 0.308 e. The fraction of sp³-hybridized carbons (Fsp3) is 0.636. The van der Waals surface area contributed by atoms with Gasteiger partial charge in [-0.2, -0.15) is 0 Å². The molecule has 0 aliphatic carbocycles. The van der Waals surface area contributed by atoms with Gasteiger partial charge in [-0.05, 0) is 0 Å². The highest BCUT2D eigenvalue weighted by Crippen LogP contribution is 2.36. The zero-order chi connectivity index (χ0) is 25.2. The lowest BCUT2D eigenvalue weighted by molar-refractivity contribution is -0.173. The number of hydrogen-bond donors (Lipinski definition) is 1. The molecule has 0 spiro atoms. The molecule has 1 aliphatic heterocycles. The average molecular weight is 495 g/mol. The number of nitrogens with zero attached hydrogens (tertiary/aromatic N) is 3.